The van der Waals surface area contributed by atoms with Gasteiger partial charge >= 0.3 is 0 Å². The number of hydrogen-bond donors (Lipinski definition) is 1. The van der Waals surface area contributed by atoms with Crippen molar-refractivity contribution in [3.05, 3.63) is 18.0 Å². The number of piperidine rings is 1. The Balaban J connectivity index is 1.88. The molecular formula is C12H22N4. The van der Waals surface area contributed by atoms with E-state index in [1.54, 1.807) is 0 Å². The summed E-state index contributed by atoms with van der Waals surface area (Å²) in [5.41, 5.74) is 1.33. The van der Waals surface area contributed by atoms with Crippen LogP contribution in [0.15, 0.2) is 12.4 Å². The summed E-state index contributed by atoms with van der Waals surface area (Å²) in [4.78, 5) is 2.52. The lowest BCUT2D eigenvalue weighted by Gasteiger charge is -2.32. The Labute approximate surface area is 97.6 Å². The summed E-state index contributed by atoms with van der Waals surface area (Å²) in [5.74, 6) is 0. The van der Waals surface area contributed by atoms with Crippen molar-refractivity contribution < 1.29 is 0 Å². The van der Waals surface area contributed by atoms with Crippen LogP contribution in [0.25, 0.3) is 0 Å². The van der Waals surface area contributed by atoms with Crippen molar-refractivity contribution in [3.8, 4) is 0 Å². The largest absolute Gasteiger partial charge is 0.316 e. The minimum absolute atomic E-state index is 0.662. The maximum atomic E-state index is 4.31. The predicted molar refractivity (Wildman–Crippen MR) is 65.3 cm³/mol. The van der Waals surface area contributed by atoms with Crippen molar-refractivity contribution >= 4 is 0 Å². The van der Waals surface area contributed by atoms with E-state index < -0.39 is 0 Å². The zero-order valence-corrected chi connectivity index (χ0v) is 10.3. The predicted octanol–water partition coefficient (Wildman–Crippen LogP) is 1.09. The van der Waals surface area contributed by atoms with Crippen LogP contribution in [0.2, 0.25) is 0 Å². The maximum Gasteiger partial charge on any atom is 0.0534 e. The minimum atomic E-state index is 0.662. The molecule has 1 saturated heterocycles. The molecule has 4 nitrogen and oxygen atoms in total. The van der Waals surface area contributed by atoms with Gasteiger partial charge in [-0.15, -0.1) is 0 Å². The molecule has 1 aromatic heterocycles. The third-order valence-electron chi connectivity index (χ3n) is 3.33. The number of nitrogens with zero attached hydrogens (tertiary/aromatic N) is 3. The Morgan fingerprint density at radius 3 is 3.12 bits per heavy atom. The SMILES string of the molecule is CCn1cc(CN2CCCC(NC)C2)cn1. The number of hydrogen-bond acceptors (Lipinski definition) is 3. The first-order valence-corrected chi connectivity index (χ1v) is 6.22. The van der Waals surface area contributed by atoms with Gasteiger partial charge in [-0.1, -0.05) is 0 Å². The van der Waals surface area contributed by atoms with E-state index in [4.69, 9.17) is 0 Å². The molecule has 0 radical (unpaired) electrons. The highest BCUT2D eigenvalue weighted by molar-refractivity contribution is 5.04. The normalized spacial score (nSPS) is 22.5. The topological polar surface area (TPSA) is 33.1 Å². The first kappa shape index (κ1) is 11.6. The fourth-order valence-corrected chi connectivity index (χ4v) is 2.35. The van der Waals surface area contributed by atoms with E-state index in [0.29, 0.717) is 6.04 Å². The molecule has 0 spiro atoms. The molecule has 2 heterocycles. The lowest BCUT2D eigenvalue weighted by molar-refractivity contribution is 0.188. The molecule has 1 N–H and O–H groups in total. The highest BCUT2D eigenvalue weighted by Gasteiger charge is 2.18. The van der Waals surface area contributed by atoms with Gasteiger partial charge in [0, 0.05) is 37.4 Å². The van der Waals surface area contributed by atoms with Gasteiger partial charge in [0.05, 0.1) is 6.20 Å². The van der Waals surface area contributed by atoms with E-state index in [9.17, 15) is 0 Å². The molecule has 0 amide bonds. The molecule has 0 saturated carbocycles. The number of aromatic nitrogens is 2. The van der Waals surface area contributed by atoms with Crippen LogP contribution in [-0.4, -0.2) is 40.9 Å². The third kappa shape index (κ3) is 2.83. The van der Waals surface area contributed by atoms with E-state index in [2.05, 4.69) is 35.5 Å². The summed E-state index contributed by atoms with van der Waals surface area (Å²) < 4.78 is 1.99. The number of likely N-dealkylation sites (tertiary alicyclic amines) is 1. The van der Waals surface area contributed by atoms with Crippen LogP contribution < -0.4 is 5.32 Å². The van der Waals surface area contributed by atoms with Gasteiger partial charge < -0.3 is 5.32 Å². The summed E-state index contributed by atoms with van der Waals surface area (Å²) in [6.07, 6.45) is 6.75. The maximum absolute atomic E-state index is 4.31. The molecular weight excluding hydrogens is 200 g/mol. The summed E-state index contributed by atoms with van der Waals surface area (Å²) in [7, 11) is 2.06. The molecule has 4 heteroatoms. The van der Waals surface area contributed by atoms with Crippen LogP contribution in [0, 0.1) is 0 Å². The van der Waals surface area contributed by atoms with E-state index in [0.717, 1.165) is 19.6 Å². The highest BCUT2D eigenvalue weighted by atomic mass is 15.3. The number of nitrogens with one attached hydrogen (secondary N) is 1. The standard InChI is InChI=1S/C12H22N4/c1-3-16-9-11(7-14-16)8-15-6-4-5-12(10-15)13-2/h7,9,12-13H,3-6,8,10H2,1-2H3. The van der Waals surface area contributed by atoms with Gasteiger partial charge in [-0.2, -0.15) is 5.10 Å². The van der Waals surface area contributed by atoms with Gasteiger partial charge in [0.15, 0.2) is 0 Å². The Hall–Kier alpha value is -0.870. The molecule has 1 aliphatic heterocycles. The van der Waals surface area contributed by atoms with Gasteiger partial charge in [-0.3, -0.25) is 9.58 Å². The summed E-state index contributed by atoms with van der Waals surface area (Å²) in [6.45, 7) is 6.50. The lowest BCUT2D eigenvalue weighted by atomic mass is 10.1. The van der Waals surface area contributed by atoms with Crippen molar-refractivity contribution in [2.75, 3.05) is 20.1 Å². The smallest absolute Gasteiger partial charge is 0.0534 e. The molecule has 1 aromatic rings. The average molecular weight is 222 g/mol. The Morgan fingerprint density at radius 1 is 1.56 bits per heavy atom. The number of rotatable bonds is 4. The Kier molecular flexibility index (Phi) is 3.96. The van der Waals surface area contributed by atoms with E-state index in [-0.39, 0.29) is 0 Å². The van der Waals surface area contributed by atoms with Gasteiger partial charge in [-0.25, -0.2) is 0 Å². The molecule has 1 fully saturated rings. The second kappa shape index (κ2) is 5.46. The van der Waals surface area contributed by atoms with Gasteiger partial charge in [0.2, 0.25) is 0 Å². The number of likely N-dealkylation sites (N-methyl/N-ethyl adjacent to an activating group) is 1. The zero-order valence-electron chi connectivity index (χ0n) is 10.3. The molecule has 1 atom stereocenters. The molecule has 0 aliphatic carbocycles. The van der Waals surface area contributed by atoms with Crippen LogP contribution >= 0.6 is 0 Å². The summed E-state index contributed by atoms with van der Waals surface area (Å²) in [5, 5.41) is 7.69. The molecule has 0 bridgehead atoms. The van der Waals surface area contributed by atoms with Crippen LogP contribution in [0.5, 0.6) is 0 Å². The van der Waals surface area contributed by atoms with Crippen LogP contribution in [0.4, 0.5) is 0 Å². The van der Waals surface area contributed by atoms with Crippen molar-refractivity contribution in [1.29, 1.82) is 0 Å². The molecule has 1 aliphatic rings. The van der Waals surface area contributed by atoms with Crippen LogP contribution in [0.1, 0.15) is 25.3 Å². The van der Waals surface area contributed by atoms with E-state index in [1.165, 1.54) is 24.9 Å². The third-order valence-corrected chi connectivity index (χ3v) is 3.33. The Morgan fingerprint density at radius 2 is 2.44 bits per heavy atom. The van der Waals surface area contributed by atoms with Crippen molar-refractivity contribution in [1.82, 2.24) is 20.0 Å². The monoisotopic (exact) mass is 222 g/mol. The van der Waals surface area contributed by atoms with E-state index >= 15 is 0 Å². The quantitative estimate of drug-likeness (QED) is 0.828. The molecule has 2 rings (SSSR count). The second-order valence-electron chi connectivity index (χ2n) is 4.57. The lowest BCUT2D eigenvalue weighted by Crippen LogP contribution is -2.43. The fourth-order valence-electron chi connectivity index (χ4n) is 2.35. The van der Waals surface area contributed by atoms with Crippen molar-refractivity contribution in [2.45, 2.75) is 38.9 Å². The number of aryl methyl sites for hydroxylation is 1. The summed E-state index contributed by atoms with van der Waals surface area (Å²) in [6, 6.07) is 0.662. The van der Waals surface area contributed by atoms with Crippen molar-refractivity contribution in [2.24, 2.45) is 0 Å². The molecule has 16 heavy (non-hydrogen) atoms. The molecule has 0 aromatic carbocycles. The van der Waals surface area contributed by atoms with Gasteiger partial charge in [-0.05, 0) is 33.4 Å². The van der Waals surface area contributed by atoms with Crippen LogP contribution in [0.3, 0.4) is 0 Å². The fraction of sp³-hybridized carbons (Fsp3) is 0.750. The average Bonchev–Trinajstić information content (AvgIpc) is 2.77. The van der Waals surface area contributed by atoms with Gasteiger partial charge in [0.1, 0.15) is 0 Å². The first-order chi connectivity index (χ1) is 7.81. The minimum Gasteiger partial charge on any atom is -0.316 e. The molecule has 1 unspecified atom stereocenters. The second-order valence-corrected chi connectivity index (χ2v) is 4.57. The summed E-state index contributed by atoms with van der Waals surface area (Å²) >= 11 is 0. The van der Waals surface area contributed by atoms with Crippen molar-refractivity contribution in [3.63, 3.8) is 0 Å². The zero-order chi connectivity index (χ0) is 11.4. The van der Waals surface area contributed by atoms with Crippen LogP contribution in [-0.2, 0) is 13.1 Å². The Bertz CT molecular complexity index is 321. The molecule has 90 valence electrons. The van der Waals surface area contributed by atoms with Gasteiger partial charge in [0.25, 0.3) is 0 Å². The first-order valence-electron chi connectivity index (χ1n) is 6.22. The van der Waals surface area contributed by atoms with E-state index in [1.807, 2.05) is 10.9 Å². The highest BCUT2D eigenvalue weighted by Crippen LogP contribution is 2.13.